The molecule has 0 atom stereocenters. The molecule has 0 amide bonds. The topological polar surface area (TPSA) is 83.6 Å². The van der Waals surface area contributed by atoms with Gasteiger partial charge in [-0.2, -0.15) is 0 Å². The van der Waals surface area contributed by atoms with Crippen LogP contribution < -0.4 is 9.03 Å². The number of nitrogens with zero attached hydrogens (tertiary/aromatic N) is 1. The van der Waals surface area contributed by atoms with Crippen LogP contribution in [0.2, 0.25) is 5.02 Å². The third-order valence-electron chi connectivity index (χ3n) is 4.14. The van der Waals surface area contributed by atoms with Gasteiger partial charge in [0.05, 0.1) is 22.9 Å². The van der Waals surface area contributed by atoms with Crippen LogP contribution in [0.1, 0.15) is 17.5 Å². The minimum absolute atomic E-state index is 0.110. The van der Waals surface area contributed by atoms with E-state index in [1.807, 2.05) is 0 Å². The molecule has 1 N–H and O–H groups in total. The highest BCUT2D eigenvalue weighted by atomic mass is 35.5. The lowest BCUT2D eigenvalue weighted by Crippen LogP contribution is -2.25. The normalized spacial score (nSPS) is 16.6. The van der Waals surface area contributed by atoms with Crippen molar-refractivity contribution in [3.05, 3.63) is 58.6 Å². The Hall–Kier alpha value is -1.77. The number of anilines is 2. The van der Waals surface area contributed by atoms with Gasteiger partial charge in [-0.3, -0.25) is 9.03 Å². The average Bonchev–Trinajstić information content (AvgIpc) is 2.91. The van der Waals surface area contributed by atoms with Crippen molar-refractivity contribution in [3.8, 4) is 0 Å². The zero-order chi connectivity index (χ0) is 18.9. The molecule has 1 fully saturated rings. The predicted molar refractivity (Wildman–Crippen MR) is 105 cm³/mol. The van der Waals surface area contributed by atoms with Crippen LogP contribution in [0.4, 0.5) is 11.4 Å². The first kappa shape index (κ1) is 19.0. The zero-order valence-electron chi connectivity index (χ0n) is 14.1. The van der Waals surface area contributed by atoms with E-state index in [1.165, 1.54) is 4.31 Å². The lowest BCUT2D eigenvalue weighted by atomic mass is 10.2. The van der Waals surface area contributed by atoms with Gasteiger partial charge in [-0.05, 0) is 48.7 Å². The van der Waals surface area contributed by atoms with E-state index >= 15 is 0 Å². The third-order valence-corrected chi connectivity index (χ3v) is 7.51. The van der Waals surface area contributed by atoms with Gasteiger partial charge in [0.1, 0.15) is 0 Å². The maximum absolute atomic E-state index is 12.5. The molecular formula is C17H19ClN2O4S2. The molecule has 1 saturated heterocycles. The Morgan fingerprint density at radius 1 is 1.15 bits per heavy atom. The van der Waals surface area contributed by atoms with Crippen molar-refractivity contribution in [2.45, 2.75) is 19.1 Å². The van der Waals surface area contributed by atoms with Crippen LogP contribution >= 0.6 is 11.6 Å². The minimum Gasteiger partial charge on any atom is -0.283 e. The number of sulfonamides is 2. The van der Waals surface area contributed by atoms with E-state index in [9.17, 15) is 16.8 Å². The summed E-state index contributed by atoms with van der Waals surface area (Å²) in [5, 5.41) is 0.537. The van der Waals surface area contributed by atoms with Crippen LogP contribution in [-0.4, -0.2) is 29.1 Å². The summed E-state index contributed by atoms with van der Waals surface area (Å²) in [5.74, 6) is -0.0889. The number of benzene rings is 2. The van der Waals surface area contributed by atoms with Crippen molar-refractivity contribution in [2.75, 3.05) is 21.3 Å². The van der Waals surface area contributed by atoms with Crippen molar-refractivity contribution in [1.29, 1.82) is 0 Å². The maximum atomic E-state index is 12.5. The van der Waals surface area contributed by atoms with Crippen molar-refractivity contribution in [1.82, 2.24) is 0 Å². The Kier molecular flexibility index (Phi) is 5.18. The van der Waals surface area contributed by atoms with Crippen LogP contribution in [0, 0.1) is 6.92 Å². The molecule has 2 aromatic carbocycles. The smallest absolute Gasteiger partial charge is 0.236 e. The second-order valence-electron chi connectivity index (χ2n) is 6.23. The first-order valence-electron chi connectivity index (χ1n) is 8.02. The maximum Gasteiger partial charge on any atom is 0.236 e. The number of aryl methyl sites for hydroxylation is 1. The molecule has 6 nitrogen and oxygen atoms in total. The molecule has 0 unspecified atom stereocenters. The summed E-state index contributed by atoms with van der Waals surface area (Å²) in [6.45, 7) is 2.17. The Bertz CT molecular complexity index is 1020. The van der Waals surface area contributed by atoms with E-state index < -0.39 is 20.0 Å². The molecule has 0 aliphatic carbocycles. The van der Waals surface area contributed by atoms with Gasteiger partial charge in [0.2, 0.25) is 20.0 Å². The fraction of sp³-hybridized carbons (Fsp3) is 0.294. The van der Waals surface area contributed by atoms with Gasteiger partial charge in [0.15, 0.2) is 0 Å². The zero-order valence-corrected chi connectivity index (χ0v) is 16.5. The van der Waals surface area contributed by atoms with Crippen molar-refractivity contribution >= 4 is 43.0 Å². The second-order valence-corrected chi connectivity index (χ2v) is 10.4. The highest BCUT2D eigenvalue weighted by Gasteiger charge is 2.28. The van der Waals surface area contributed by atoms with Crippen LogP contribution in [0.3, 0.4) is 0 Å². The van der Waals surface area contributed by atoms with E-state index in [4.69, 9.17) is 11.6 Å². The molecule has 26 heavy (non-hydrogen) atoms. The van der Waals surface area contributed by atoms with E-state index in [0.717, 1.165) is 0 Å². The molecule has 1 aliphatic heterocycles. The van der Waals surface area contributed by atoms with Gasteiger partial charge in [-0.15, -0.1) is 0 Å². The van der Waals surface area contributed by atoms with Gasteiger partial charge in [0.25, 0.3) is 0 Å². The SMILES string of the molecule is Cc1ccc(N2CCCS2(=O)=O)cc1NS(=O)(=O)Cc1ccc(Cl)cc1. The number of hydrogen-bond donors (Lipinski definition) is 1. The van der Waals surface area contributed by atoms with Crippen molar-refractivity contribution in [2.24, 2.45) is 0 Å². The van der Waals surface area contributed by atoms with Gasteiger partial charge in [-0.25, -0.2) is 16.8 Å². The monoisotopic (exact) mass is 414 g/mol. The molecule has 1 heterocycles. The number of rotatable bonds is 5. The first-order chi connectivity index (χ1) is 12.2. The van der Waals surface area contributed by atoms with Gasteiger partial charge in [0, 0.05) is 11.6 Å². The molecule has 1 aliphatic rings. The summed E-state index contributed by atoms with van der Waals surface area (Å²) in [6, 6.07) is 11.5. The van der Waals surface area contributed by atoms with Crippen LogP contribution in [0.5, 0.6) is 0 Å². The van der Waals surface area contributed by atoms with Crippen LogP contribution in [0.15, 0.2) is 42.5 Å². The lowest BCUT2D eigenvalue weighted by Gasteiger charge is -2.19. The van der Waals surface area contributed by atoms with E-state index in [1.54, 1.807) is 49.4 Å². The summed E-state index contributed by atoms with van der Waals surface area (Å²) in [4.78, 5) is 0. The summed E-state index contributed by atoms with van der Waals surface area (Å²) >= 11 is 5.82. The standard InChI is InChI=1S/C17H19ClN2O4S2/c1-13-3-8-16(20-9-2-10-26(20,23)24)11-17(13)19-25(21,22)12-14-4-6-15(18)7-5-14/h3-8,11,19H,2,9-10,12H2,1H3. The second kappa shape index (κ2) is 7.09. The highest BCUT2D eigenvalue weighted by Crippen LogP contribution is 2.29. The molecular weight excluding hydrogens is 396 g/mol. The molecule has 9 heteroatoms. The lowest BCUT2D eigenvalue weighted by molar-refractivity contribution is 0.598. The first-order valence-corrected chi connectivity index (χ1v) is 11.7. The van der Waals surface area contributed by atoms with Gasteiger partial charge >= 0.3 is 0 Å². The van der Waals surface area contributed by atoms with Gasteiger partial charge in [-0.1, -0.05) is 29.8 Å². The molecule has 0 aromatic heterocycles. The summed E-state index contributed by atoms with van der Waals surface area (Å²) in [7, 11) is -6.98. The van der Waals surface area contributed by atoms with Gasteiger partial charge < -0.3 is 0 Å². The molecule has 0 radical (unpaired) electrons. The van der Waals surface area contributed by atoms with Crippen molar-refractivity contribution in [3.63, 3.8) is 0 Å². The molecule has 0 spiro atoms. The molecule has 140 valence electrons. The quantitative estimate of drug-likeness (QED) is 0.814. The minimum atomic E-state index is -3.65. The molecule has 2 aromatic rings. The van der Waals surface area contributed by atoms with Crippen LogP contribution in [0.25, 0.3) is 0 Å². The average molecular weight is 415 g/mol. The molecule has 3 rings (SSSR count). The van der Waals surface area contributed by atoms with Crippen LogP contribution in [-0.2, 0) is 25.8 Å². The summed E-state index contributed by atoms with van der Waals surface area (Å²) < 4.78 is 53.0. The highest BCUT2D eigenvalue weighted by molar-refractivity contribution is 7.93. The van der Waals surface area contributed by atoms with E-state index in [0.29, 0.717) is 40.5 Å². The Balaban J connectivity index is 1.84. The van der Waals surface area contributed by atoms with Crippen molar-refractivity contribution < 1.29 is 16.8 Å². The molecule has 0 saturated carbocycles. The number of hydrogen-bond acceptors (Lipinski definition) is 4. The Morgan fingerprint density at radius 2 is 1.85 bits per heavy atom. The Labute approximate surface area is 158 Å². The number of nitrogens with one attached hydrogen (secondary N) is 1. The summed E-state index contributed by atoms with van der Waals surface area (Å²) in [5.41, 5.74) is 2.17. The predicted octanol–water partition coefficient (Wildman–Crippen LogP) is 3.13. The number of halogens is 1. The largest absolute Gasteiger partial charge is 0.283 e. The van der Waals surface area contributed by atoms with E-state index in [2.05, 4.69) is 4.72 Å². The third kappa shape index (κ3) is 4.31. The fourth-order valence-corrected chi connectivity index (χ4v) is 5.75. The fourth-order valence-electron chi connectivity index (χ4n) is 2.81. The summed E-state index contributed by atoms with van der Waals surface area (Å²) in [6.07, 6.45) is 0.563. The molecule has 0 bridgehead atoms. The Morgan fingerprint density at radius 3 is 2.46 bits per heavy atom. The van der Waals surface area contributed by atoms with E-state index in [-0.39, 0.29) is 11.5 Å².